The van der Waals surface area contributed by atoms with Crippen LogP contribution >= 0.6 is 0 Å². The minimum Gasteiger partial charge on any atom is -0.416 e. The van der Waals surface area contributed by atoms with E-state index >= 15 is 0 Å². The van der Waals surface area contributed by atoms with Gasteiger partial charge in [0.25, 0.3) is 5.56 Å². The Labute approximate surface area is 158 Å². The van der Waals surface area contributed by atoms with E-state index in [1.807, 2.05) is 4.90 Å². The Morgan fingerprint density at radius 2 is 1.79 bits per heavy atom. The van der Waals surface area contributed by atoms with Gasteiger partial charge in [0.05, 0.1) is 18.8 Å². The van der Waals surface area contributed by atoms with Crippen molar-refractivity contribution < 1.29 is 17.6 Å². The molecule has 4 rings (SSSR count). The van der Waals surface area contributed by atoms with Crippen molar-refractivity contribution in [2.45, 2.75) is 38.5 Å². The van der Waals surface area contributed by atoms with E-state index in [1.165, 1.54) is 4.68 Å². The van der Waals surface area contributed by atoms with Crippen LogP contribution in [0, 0.1) is 0 Å². The summed E-state index contributed by atoms with van der Waals surface area (Å²) in [7, 11) is 0. The molecule has 11 heteroatoms. The second-order valence-electron chi connectivity index (χ2n) is 7.15. The molecule has 0 N–H and O–H groups in total. The maximum atomic E-state index is 12.5. The highest BCUT2D eigenvalue weighted by molar-refractivity contribution is 5.22. The zero-order valence-electron chi connectivity index (χ0n) is 15.3. The van der Waals surface area contributed by atoms with Crippen LogP contribution in [-0.2, 0) is 32.1 Å². The second kappa shape index (κ2) is 7.63. The topological polar surface area (TPSA) is 80.3 Å². The first-order chi connectivity index (χ1) is 13.4. The molecule has 0 radical (unpaired) electrons. The van der Waals surface area contributed by atoms with Gasteiger partial charge in [0, 0.05) is 38.8 Å². The molecule has 0 atom stereocenters. The van der Waals surface area contributed by atoms with E-state index < -0.39 is 12.1 Å². The zero-order valence-corrected chi connectivity index (χ0v) is 15.3. The lowest BCUT2D eigenvalue weighted by Gasteiger charge is -2.33. The summed E-state index contributed by atoms with van der Waals surface area (Å²) in [5, 5.41) is 11.0. The Kier molecular flexibility index (Phi) is 5.19. The van der Waals surface area contributed by atoms with Gasteiger partial charge in [0.15, 0.2) is 0 Å². The summed E-state index contributed by atoms with van der Waals surface area (Å²) >= 11 is 0. The third-order valence-corrected chi connectivity index (χ3v) is 5.19. The summed E-state index contributed by atoms with van der Waals surface area (Å²) < 4.78 is 43.8. The molecule has 1 aliphatic heterocycles. The van der Waals surface area contributed by atoms with Crippen molar-refractivity contribution >= 4 is 0 Å². The predicted octanol–water partition coefficient (Wildman–Crippen LogP) is 0.952. The predicted molar refractivity (Wildman–Crippen MR) is 91.5 cm³/mol. The average molecular weight is 398 g/mol. The largest absolute Gasteiger partial charge is 0.470 e. The monoisotopic (exact) mass is 398 g/mol. The van der Waals surface area contributed by atoms with Crippen LogP contribution in [0.5, 0.6) is 0 Å². The Morgan fingerprint density at radius 3 is 2.50 bits per heavy atom. The summed E-state index contributed by atoms with van der Waals surface area (Å²) in [6.07, 6.45) is -1.70. The van der Waals surface area contributed by atoms with Crippen molar-refractivity contribution in [3.8, 4) is 0 Å². The molecular weight excluding hydrogens is 377 g/mol. The highest BCUT2D eigenvalue weighted by atomic mass is 19.4. The molecule has 0 aromatic carbocycles. The molecule has 0 spiro atoms. The smallest absolute Gasteiger partial charge is 0.416 e. The lowest BCUT2D eigenvalue weighted by atomic mass is 10.2. The standard InChI is InChI=1S/C17H21F3N6O2/c18-17(19,20)16-22-21-14(28-16)11-25-6-4-24(5-7-25)8-9-26-15(27)10-12-2-1-3-13(12)23-26/h10H,1-9,11H2. The van der Waals surface area contributed by atoms with E-state index in [4.69, 9.17) is 0 Å². The number of piperazine rings is 1. The van der Waals surface area contributed by atoms with Crippen molar-refractivity contribution in [1.82, 2.24) is 29.8 Å². The first-order valence-corrected chi connectivity index (χ1v) is 9.33. The molecule has 0 unspecified atom stereocenters. The maximum absolute atomic E-state index is 12.5. The Hall–Kier alpha value is -2.27. The van der Waals surface area contributed by atoms with Gasteiger partial charge in [-0.3, -0.25) is 14.6 Å². The van der Waals surface area contributed by atoms with Gasteiger partial charge in [-0.05, 0) is 24.8 Å². The molecule has 2 aromatic heterocycles. The lowest BCUT2D eigenvalue weighted by Crippen LogP contribution is -2.47. The molecule has 0 saturated carbocycles. The van der Waals surface area contributed by atoms with Gasteiger partial charge in [0.2, 0.25) is 5.89 Å². The molecule has 1 aliphatic carbocycles. The molecule has 28 heavy (non-hydrogen) atoms. The number of halogens is 3. The first-order valence-electron chi connectivity index (χ1n) is 9.33. The first kappa shape index (κ1) is 19.1. The van der Waals surface area contributed by atoms with Gasteiger partial charge in [0.1, 0.15) is 0 Å². The number of nitrogens with zero attached hydrogens (tertiary/aromatic N) is 6. The van der Waals surface area contributed by atoms with Crippen LogP contribution in [0.4, 0.5) is 13.2 Å². The fraction of sp³-hybridized carbons (Fsp3) is 0.647. The van der Waals surface area contributed by atoms with Crippen molar-refractivity contribution in [3.63, 3.8) is 0 Å². The van der Waals surface area contributed by atoms with Crippen LogP contribution in [0.2, 0.25) is 0 Å². The van der Waals surface area contributed by atoms with Gasteiger partial charge in [-0.25, -0.2) is 4.68 Å². The van der Waals surface area contributed by atoms with Crippen LogP contribution in [0.25, 0.3) is 0 Å². The molecule has 0 amide bonds. The quantitative estimate of drug-likeness (QED) is 0.742. The summed E-state index contributed by atoms with van der Waals surface area (Å²) in [4.78, 5) is 16.3. The van der Waals surface area contributed by atoms with E-state index in [0.29, 0.717) is 26.2 Å². The molecule has 152 valence electrons. The Bertz CT molecular complexity index is 886. The molecule has 2 aliphatic rings. The zero-order chi connectivity index (χ0) is 19.7. The number of hydrogen-bond donors (Lipinski definition) is 0. The lowest BCUT2D eigenvalue weighted by molar-refractivity contribution is -0.157. The number of hydrogen-bond acceptors (Lipinski definition) is 7. The van der Waals surface area contributed by atoms with Crippen molar-refractivity contribution in [2.24, 2.45) is 0 Å². The highest BCUT2D eigenvalue weighted by Gasteiger charge is 2.38. The summed E-state index contributed by atoms with van der Waals surface area (Å²) in [6, 6.07) is 1.70. The van der Waals surface area contributed by atoms with Crippen LogP contribution in [-0.4, -0.2) is 62.5 Å². The maximum Gasteiger partial charge on any atom is 0.470 e. The average Bonchev–Trinajstić information content (AvgIpc) is 3.29. The van der Waals surface area contributed by atoms with Crippen LogP contribution < -0.4 is 5.56 Å². The Balaban J connectivity index is 1.26. The summed E-state index contributed by atoms with van der Waals surface area (Å²) in [5.74, 6) is -1.34. The van der Waals surface area contributed by atoms with Crippen LogP contribution in [0.3, 0.4) is 0 Å². The van der Waals surface area contributed by atoms with Crippen molar-refractivity contribution in [3.05, 3.63) is 39.5 Å². The third kappa shape index (κ3) is 4.25. The molecule has 0 bridgehead atoms. The van der Waals surface area contributed by atoms with E-state index in [2.05, 4.69) is 24.6 Å². The van der Waals surface area contributed by atoms with Crippen molar-refractivity contribution in [1.29, 1.82) is 0 Å². The number of alkyl halides is 3. The minimum absolute atomic E-state index is 0.0327. The number of rotatable bonds is 5. The molecular formula is C17H21F3N6O2. The van der Waals surface area contributed by atoms with E-state index in [0.717, 1.165) is 43.6 Å². The van der Waals surface area contributed by atoms with Gasteiger partial charge < -0.3 is 4.42 Å². The highest BCUT2D eigenvalue weighted by Crippen LogP contribution is 2.27. The Morgan fingerprint density at radius 1 is 1.04 bits per heavy atom. The third-order valence-electron chi connectivity index (χ3n) is 5.19. The fourth-order valence-electron chi connectivity index (χ4n) is 3.63. The molecule has 1 saturated heterocycles. The molecule has 3 heterocycles. The van der Waals surface area contributed by atoms with E-state index in [9.17, 15) is 18.0 Å². The normalized spacial score (nSPS) is 18.5. The van der Waals surface area contributed by atoms with Gasteiger partial charge >= 0.3 is 12.1 Å². The molecule has 2 aromatic rings. The summed E-state index contributed by atoms with van der Waals surface area (Å²) in [5.41, 5.74) is 2.04. The van der Waals surface area contributed by atoms with Crippen LogP contribution in [0.1, 0.15) is 29.5 Å². The van der Waals surface area contributed by atoms with E-state index in [-0.39, 0.29) is 18.0 Å². The van der Waals surface area contributed by atoms with Gasteiger partial charge in [-0.1, -0.05) is 0 Å². The summed E-state index contributed by atoms with van der Waals surface area (Å²) in [6.45, 7) is 4.29. The fourth-order valence-corrected chi connectivity index (χ4v) is 3.63. The number of aromatic nitrogens is 4. The number of fused-ring (bicyclic) bond motifs is 1. The molecule has 8 nitrogen and oxygen atoms in total. The number of aryl methyl sites for hydroxylation is 2. The van der Waals surface area contributed by atoms with E-state index in [1.54, 1.807) is 6.07 Å². The SMILES string of the molecule is O=c1cc2c(nn1CCN1CCN(Cc3nnc(C(F)(F)F)o3)CC1)CCC2. The second-order valence-corrected chi connectivity index (χ2v) is 7.15. The van der Waals surface area contributed by atoms with Gasteiger partial charge in [-0.15, -0.1) is 10.2 Å². The van der Waals surface area contributed by atoms with Crippen molar-refractivity contribution in [2.75, 3.05) is 32.7 Å². The molecule has 1 fully saturated rings. The minimum atomic E-state index is -4.62. The van der Waals surface area contributed by atoms with Gasteiger partial charge in [-0.2, -0.15) is 18.3 Å². The van der Waals surface area contributed by atoms with Crippen LogP contribution in [0.15, 0.2) is 15.3 Å².